The van der Waals surface area contributed by atoms with Crippen LogP contribution in [0.2, 0.25) is 0 Å². The lowest BCUT2D eigenvalue weighted by molar-refractivity contribution is -0.114. The summed E-state index contributed by atoms with van der Waals surface area (Å²) in [5, 5.41) is 6.24. The Morgan fingerprint density at radius 1 is 0.960 bits per heavy atom. The van der Waals surface area contributed by atoms with E-state index in [0.29, 0.717) is 28.1 Å². The predicted octanol–water partition coefficient (Wildman–Crippen LogP) is 3.45. The zero-order valence-corrected chi connectivity index (χ0v) is 13.9. The van der Waals surface area contributed by atoms with E-state index in [-0.39, 0.29) is 11.8 Å². The molecular weight excluding hydrogens is 318 g/mol. The van der Waals surface area contributed by atoms with E-state index in [1.165, 1.54) is 20.2 Å². The third kappa shape index (κ3) is 3.58. The van der Waals surface area contributed by atoms with Crippen LogP contribution in [0.5, 0.6) is 5.75 Å². The van der Waals surface area contributed by atoms with E-state index in [2.05, 4.69) is 15.6 Å². The lowest BCUT2D eigenvalue weighted by atomic mass is 10.1. The molecule has 0 aliphatic rings. The third-order valence-corrected chi connectivity index (χ3v) is 3.65. The van der Waals surface area contributed by atoms with E-state index in [0.717, 1.165) is 5.52 Å². The largest absolute Gasteiger partial charge is 0.494 e. The van der Waals surface area contributed by atoms with Gasteiger partial charge in [0.05, 0.1) is 24.4 Å². The number of hydrogen-bond acceptors (Lipinski definition) is 4. The molecule has 2 N–H and O–H groups in total. The van der Waals surface area contributed by atoms with Crippen LogP contribution in [-0.4, -0.2) is 23.9 Å². The monoisotopic (exact) mass is 335 g/mol. The minimum absolute atomic E-state index is 0.148. The van der Waals surface area contributed by atoms with Gasteiger partial charge in [-0.1, -0.05) is 18.2 Å². The quantitative estimate of drug-likeness (QED) is 0.765. The molecule has 2 aromatic carbocycles. The molecule has 6 heteroatoms. The minimum Gasteiger partial charge on any atom is -0.494 e. The summed E-state index contributed by atoms with van der Waals surface area (Å²) in [7, 11) is 1.50. The molecule has 0 atom stereocenters. The molecule has 0 bridgehead atoms. The summed E-state index contributed by atoms with van der Waals surface area (Å²) in [4.78, 5) is 28.1. The van der Waals surface area contributed by atoms with Gasteiger partial charge in [-0.05, 0) is 30.3 Å². The van der Waals surface area contributed by atoms with Crippen molar-refractivity contribution in [1.29, 1.82) is 0 Å². The molecular formula is C19H17N3O3. The highest BCUT2D eigenvalue weighted by atomic mass is 16.5. The zero-order chi connectivity index (χ0) is 17.8. The number of carbonyl (C=O) groups is 2. The lowest BCUT2D eigenvalue weighted by Crippen LogP contribution is -2.14. The molecule has 1 heterocycles. The van der Waals surface area contributed by atoms with E-state index in [9.17, 15) is 9.59 Å². The van der Waals surface area contributed by atoms with Crippen molar-refractivity contribution >= 4 is 34.1 Å². The number of fused-ring (bicyclic) bond motifs is 1. The molecule has 0 aliphatic heterocycles. The minimum atomic E-state index is -0.289. The van der Waals surface area contributed by atoms with E-state index in [1.807, 2.05) is 24.3 Å². The first kappa shape index (κ1) is 16.4. The van der Waals surface area contributed by atoms with Gasteiger partial charge in [0, 0.05) is 23.7 Å². The van der Waals surface area contributed by atoms with Crippen molar-refractivity contribution in [3.05, 3.63) is 60.3 Å². The topological polar surface area (TPSA) is 80.3 Å². The maximum atomic E-state index is 12.8. The molecule has 3 aromatic rings. The van der Waals surface area contributed by atoms with Crippen molar-refractivity contribution in [3.8, 4) is 5.75 Å². The maximum absolute atomic E-state index is 12.8. The normalized spacial score (nSPS) is 10.3. The Hall–Kier alpha value is -3.41. The molecule has 25 heavy (non-hydrogen) atoms. The summed E-state index contributed by atoms with van der Waals surface area (Å²) >= 11 is 0. The first-order chi connectivity index (χ1) is 12.1. The Kier molecular flexibility index (Phi) is 4.61. The van der Waals surface area contributed by atoms with Crippen LogP contribution >= 0.6 is 0 Å². The van der Waals surface area contributed by atoms with Crippen molar-refractivity contribution in [2.75, 3.05) is 17.7 Å². The van der Waals surface area contributed by atoms with Gasteiger partial charge in [-0.2, -0.15) is 0 Å². The summed E-state index contributed by atoms with van der Waals surface area (Å²) < 4.78 is 5.30. The van der Waals surface area contributed by atoms with Crippen LogP contribution in [0.1, 0.15) is 17.3 Å². The zero-order valence-electron chi connectivity index (χ0n) is 13.9. The second-order valence-electron chi connectivity index (χ2n) is 5.43. The van der Waals surface area contributed by atoms with E-state index >= 15 is 0 Å². The number of nitrogens with one attached hydrogen (secondary N) is 2. The first-order valence-electron chi connectivity index (χ1n) is 7.69. The number of nitrogens with zero attached hydrogens (tertiary/aromatic N) is 1. The number of rotatable bonds is 4. The van der Waals surface area contributed by atoms with E-state index in [4.69, 9.17) is 4.74 Å². The van der Waals surface area contributed by atoms with E-state index in [1.54, 1.807) is 24.3 Å². The van der Waals surface area contributed by atoms with Crippen molar-refractivity contribution in [1.82, 2.24) is 4.98 Å². The fraction of sp³-hybridized carbons (Fsp3) is 0.105. The van der Waals surface area contributed by atoms with Crippen molar-refractivity contribution in [2.24, 2.45) is 0 Å². The van der Waals surface area contributed by atoms with E-state index < -0.39 is 0 Å². The van der Waals surface area contributed by atoms with Crippen LogP contribution in [0.15, 0.2) is 54.7 Å². The number of pyridine rings is 1. The summed E-state index contributed by atoms with van der Waals surface area (Å²) in [5.74, 6) is -0.0291. The Morgan fingerprint density at radius 2 is 1.60 bits per heavy atom. The van der Waals surface area contributed by atoms with Crippen LogP contribution in [0.4, 0.5) is 11.4 Å². The summed E-state index contributed by atoms with van der Waals surface area (Å²) in [6.07, 6.45) is 1.54. The maximum Gasteiger partial charge on any atom is 0.260 e. The number of para-hydroxylation sites is 1. The highest BCUT2D eigenvalue weighted by molar-refractivity contribution is 6.14. The number of ether oxygens (including phenoxy) is 1. The Labute approximate surface area is 144 Å². The molecule has 0 aliphatic carbocycles. The molecule has 0 spiro atoms. The van der Waals surface area contributed by atoms with Gasteiger partial charge in [-0.15, -0.1) is 0 Å². The van der Waals surface area contributed by atoms with Crippen LogP contribution in [0.25, 0.3) is 10.9 Å². The molecule has 126 valence electrons. The standard InChI is InChI=1S/C19H17N3O3/c1-12(23)21-13-7-9-14(10-8-13)22-19(24)18-15-5-3-4-6-16(15)20-11-17(18)25-2/h3-11H,1-2H3,(H,21,23)(H,22,24). The van der Waals surface area contributed by atoms with Crippen LogP contribution < -0.4 is 15.4 Å². The number of carbonyl (C=O) groups excluding carboxylic acids is 2. The molecule has 0 radical (unpaired) electrons. The highest BCUT2D eigenvalue weighted by Crippen LogP contribution is 2.27. The van der Waals surface area contributed by atoms with Crippen molar-refractivity contribution < 1.29 is 14.3 Å². The number of amides is 2. The number of hydrogen-bond donors (Lipinski definition) is 2. The SMILES string of the molecule is COc1cnc2ccccc2c1C(=O)Nc1ccc(NC(C)=O)cc1. The van der Waals surface area contributed by atoms with Gasteiger partial charge in [0.25, 0.3) is 5.91 Å². The van der Waals surface area contributed by atoms with Gasteiger partial charge >= 0.3 is 0 Å². The average molecular weight is 335 g/mol. The Bertz CT molecular complexity index is 936. The number of benzene rings is 2. The molecule has 0 saturated heterocycles. The van der Waals surface area contributed by atoms with Gasteiger partial charge < -0.3 is 15.4 Å². The molecule has 2 amide bonds. The van der Waals surface area contributed by atoms with Crippen LogP contribution in [0, 0.1) is 0 Å². The smallest absolute Gasteiger partial charge is 0.260 e. The first-order valence-corrected chi connectivity index (χ1v) is 7.69. The highest BCUT2D eigenvalue weighted by Gasteiger charge is 2.17. The fourth-order valence-electron chi connectivity index (χ4n) is 2.55. The Balaban J connectivity index is 1.91. The van der Waals surface area contributed by atoms with Gasteiger partial charge in [0.15, 0.2) is 5.75 Å². The molecule has 1 aromatic heterocycles. The molecule has 3 rings (SSSR count). The van der Waals surface area contributed by atoms with Gasteiger partial charge in [0.1, 0.15) is 0 Å². The van der Waals surface area contributed by atoms with Crippen LogP contribution in [-0.2, 0) is 4.79 Å². The van der Waals surface area contributed by atoms with Gasteiger partial charge in [0.2, 0.25) is 5.91 Å². The molecule has 0 unspecified atom stereocenters. The summed E-state index contributed by atoms with van der Waals surface area (Å²) in [5.41, 5.74) is 2.42. The summed E-state index contributed by atoms with van der Waals surface area (Å²) in [6.45, 7) is 1.44. The Morgan fingerprint density at radius 3 is 2.24 bits per heavy atom. The average Bonchev–Trinajstić information content (AvgIpc) is 2.61. The van der Waals surface area contributed by atoms with Crippen molar-refractivity contribution in [2.45, 2.75) is 6.92 Å². The lowest BCUT2D eigenvalue weighted by Gasteiger charge is -2.12. The second-order valence-corrected chi connectivity index (χ2v) is 5.43. The predicted molar refractivity (Wildman–Crippen MR) is 97.0 cm³/mol. The summed E-state index contributed by atoms with van der Waals surface area (Å²) in [6, 6.07) is 14.3. The number of anilines is 2. The van der Waals surface area contributed by atoms with Gasteiger partial charge in [-0.3, -0.25) is 14.6 Å². The third-order valence-electron chi connectivity index (χ3n) is 3.65. The molecule has 0 fully saturated rings. The molecule has 0 saturated carbocycles. The van der Waals surface area contributed by atoms with Crippen molar-refractivity contribution in [3.63, 3.8) is 0 Å². The number of aromatic nitrogens is 1. The second kappa shape index (κ2) is 7.00. The molecule has 6 nitrogen and oxygen atoms in total. The number of methoxy groups -OCH3 is 1. The fourth-order valence-corrected chi connectivity index (χ4v) is 2.55. The van der Waals surface area contributed by atoms with Crippen LogP contribution in [0.3, 0.4) is 0 Å². The van der Waals surface area contributed by atoms with Gasteiger partial charge in [-0.25, -0.2) is 0 Å².